The Morgan fingerprint density at radius 1 is 1.44 bits per heavy atom. The Bertz CT molecular complexity index is 352. The first-order chi connectivity index (χ1) is 7.38. The summed E-state index contributed by atoms with van der Waals surface area (Å²) >= 11 is 0. The normalized spacial score (nSPS) is 30.3. The second kappa shape index (κ2) is 5.14. The number of rotatable bonds is 4. The minimum absolute atomic E-state index is 0.0253. The Morgan fingerprint density at radius 3 is 2.50 bits per heavy atom. The lowest BCUT2D eigenvalue weighted by Gasteiger charge is -2.18. The highest BCUT2D eigenvalue weighted by Gasteiger charge is 2.39. The van der Waals surface area contributed by atoms with E-state index in [4.69, 9.17) is 5.73 Å². The van der Waals surface area contributed by atoms with E-state index >= 15 is 0 Å². The van der Waals surface area contributed by atoms with Crippen molar-refractivity contribution in [1.82, 2.24) is 0 Å². The zero-order valence-electron chi connectivity index (χ0n) is 9.68. The zero-order chi connectivity index (χ0) is 12.3. The summed E-state index contributed by atoms with van der Waals surface area (Å²) in [4.78, 5) is 10.9. The molecule has 1 saturated carbocycles. The molecule has 2 N–H and O–H groups in total. The van der Waals surface area contributed by atoms with Crippen molar-refractivity contribution in [3.8, 4) is 0 Å². The molecule has 1 fully saturated rings. The molecule has 1 aliphatic carbocycles. The number of carbonyl (C=O) groups is 1. The Hall–Kier alpha value is -0.620. The van der Waals surface area contributed by atoms with Crippen LogP contribution >= 0.6 is 0 Å². The molecule has 0 aromatic rings. The molecular formula is C10H19NO4S. The van der Waals surface area contributed by atoms with Crippen LogP contribution in [0.4, 0.5) is 0 Å². The first kappa shape index (κ1) is 13.4. The summed E-state index contributed by atoms with van der Waals surface area (Å²) in [5.41, 5.74) is 5.79. The van der Waals surface area contributed by atoms with Crippen LogP contribution in [0.2, 0.25) is 0 Å². The van der Waals surface area contributed by atoms with E-state index in [1.165, 1.54) is 7.11 Å². The van der Waals surface area contributed by atoms with Crippen molar-refractivity contribution in [1.29, 1.82) is 0 Å². The van der Waals surface area contributed by atoms with Gasteiger partial charge in [-0.15, -0.1) is 0 Å². The molecule has 0 amide bonds. The molecule has 6 heteroatoms. The molecule has 1 aliphatic rings. The molecule has 0 aromatic heterocycles. The van der Waals surface area contributed by atoms with Gasteiger partial charge in [-0.05, 0) is 18.8 Å². The SMILES string of the molecule is COC(=O)CCS(=O)(=O)C1CCC(N)C1C. The predicted octanol–water partition coefficient (Wildman–Crippen LogP) is 0.0901. The maximum absolute atomic E-state index is 11.9. The Morgan fingerprint density at radius 2 is 2.06 bits per heavy atom. The van der Waals surface area contributed by atoms with Gasteiger partial charge in [0.05, 0.1) is 24.5 Å². The van der Waals surface area contributed by atoms with Gasteiger partial charge in [-0.25, -0.2) is 8.42 Å². The largest absolute Gasteiger partial charge is 0.469 e. The summed E-state index contributed by atoms with van der Waals surface area (Å²) in [6, 6.07) is -0.0436. The number of carbonyl (C=O) groups excluding carboxylic acids is 1. The molecule has 0 radical (unpaired) electrons. The van der Waals surface area contributed by atoms with Crippen molar-refractivity contribution in [2.24, 2.45) is 11.7 Å². The molecule has 3 atom stereocenters. The van der Waals surface area contributed by atoms with Crippen molar-refractivity contribution in [2.45, 2.75) is 37.5 Å². The van der Waals surface area contributed by atoms with Crippen LogP contribution in [0.25, 0.3) is 0 Å². The monoisotopic (exact) mass is 249 g/mol. The highest BCUT2D eigenvalue weighted by Crippen LogP contribution is 2.30. The highest BCUT2D eigenvalue weighted by molar-refractivity contribution is 7.92. The number of nitrogens with two attached hydrogens (primary N) is 1. The third-order valence-electron chi connectivity index (χ3n) is 3.33. The predicted molar refractivity (Wildman–Crippen MR) is 60.6 cm³/mol. The summed E-state index contributed by atoms with van der Waals surface area (Å²) in [6.45, 7) is 1.86. The number of hydrogen-bond donors (Lipinski definition) is 1. The molecule has 0 heterocycles. The van der Waals surface area contributed by atoms with E-state index in [1.54, 1.807) is 0 Å². The van der Waals surface area contributed by atoms with E-state index in [-0.39, 0.29) is 24.1 Å². The van der Waals surface area contributed by atoms with Gasteiger partial charge >= 0.3 is 5.97 Å². The number of methoxy groups -OCH3 is 1. The molecule has 0 spiro atoms. The number of hydrogen-bond acceptors (Lipinski definition) is 5. The van der Waals surface area contributed by atoms with Crippen LogP contribution in [0.5, 0.6) is 0 Å². The number of sulfone groups is 1. The maximum atomic E-state index is 11.9. The molecule has 94 valence electrons. The van der Waals surface area contributed by atoms with Crippen LogP contribution in [0, 0.1) is 5.92 Å². The molecule has 0 saturated heterocycles. The summed E-state index contributed by atoms with van der Waals surface area (Å²) in [5.74, 6) is -0.650. The van der Waals surface area contributed by atoms with Gasteiger partial charge in [0.25, 0.3) is 0 Å². The van der Waals surface area contributed by atoms with E-state index in [9.17, 15) is 13.2 Å². The van der Waals surface area contributed by atoms with Crippen molar-refractivity contribution in [2.75, 3.05) is 12.9 Å². The average molecular weight is 249 g/mol. The van der Waals surface area contributed by atoms with Gasteiger partial charge in [0, 0.05) is 6.04 Å². The van der Waals surface area contributed by atoms with Crippen molar-refractivity contribution >= 4 is 15.8 Å². The summed E-state index contributed by atoms with van der Waals surface area (Å²) in [6.07, 6.45) is 1.27. The minimum atomic E-state index is -3.23. The Labute approximate surface area is 96.3 Å². The topological polar surface area (TPSA) is 86.5 Å². The van der Waals surface area contributed by atoms with E-state index in [2.05, 4.69) is 4.74 Å². The summed E-state index contributed by atoms with van der Waals surface area (Å²) in [7, 11) is -1.98. The molecule has 1 rings (SSSR count). The van der Waals surface area contributed by atoms with Crippen LogP contribution in [0.15, 0.2) is 0 Å². The molecule has 3 unspecified atom stereocenters. The van der Waals surface area contributed by atoms with Crippen LogP contribution in [0.1, 0.15) is 26.2 Å². The van der Waals surface area contributed by atoms with Crippen LogP contribution < -0.4 is 5.73 Å². The zero-order valence-corrected chi connectivity index (χ0v) is 10.5. The smallest absolute Gasteiger partial charge is 0.306 e. The van der Waals surface area contributed by atoms with Gasteiger partial charge < -0.3 is 10.5 Å². The fraction of sp³-hybridized carbons (Fsp3) is 0.900. The van der Waals surface area contributed by atoms with Crippen LogP contribution in [0.3, 0.4) is 0 Å². The first-order valence-electron chi connectivity index (χ1n) is 5.42. The van der Waals surface area contributed by atoms with E-state index in [0.29, 0.717) is 6.42 Å². The van der Waals surface area contributed by atoms with Gasteiger partial charge in [0.15, 0.2) is 9.84 Å². The minimum Gasteiger partial charge on any atom is -0.469 e. The third-order valence-corrected chi connectivity index (χ3v) is 5.69. The van der Waals surface area contributed by atoms with Gasteiger partial charge in [0.2, 0.25) is 0 Å². The molecule has 0 aromatic carbocycles. The standard InChI is InChI=1S/C10H19NO4S/c1-7-8(11)3-4-9(7)16(13,14)6-5-10(12)15-2/h7-9H,3-6,11H2,1-2H3. The van der Waals surface area contributed by atoms with E-state index < -0.39 is 21.1 Å². The van der Waals surface area contributed by atoms with E-state index in [0.717, 1.165) is 6.42 Å². The maximum Gasteiger partial charge on any atom is 0.306 e. The lowest BCUT2D eigenvalue weighted by molar-refractivity contribution is -0.140. The fourth-order valence-corrected chi connectivity index (χ4v) is 4.25. The van der Waals surface area contributed by atoms with Crippen molar-refractivity contribution in [3.05, 3.63) is 0 Å². The summed E-state index contributed by atoms with van der Waals surface area (Å²) in [5, 5.41) is -0.396. The van der Waals surface area contributed by atoms with Crippen LogP contribution in [-0.2, 0) is 19.4 Å². The second-order valence-corrected chi connectivity index (χ2v) is 6.67. The molecule has 5 nitrogen and oxygen atoms in total. The fourth-order valence-electron chi connectivity index (χ4n) is 2.14. The lowest BCUT2D eigenvalue weighted by atomic mass is 10.1. The van der Waals surface area contributed by atoms with Crippen LogP contribution in [-0.4, -0.2) is 38.5 Å². The molecular weight excluding hydrogens is 230 g/mol. The van der Waals surface area contributed by atoms with Crippen molar-refractivity contribution < 1.29 is 17.9 Å². The first-order valence-corrected chi connectivity index (χ1v) is 7.14. The number of esters is 1. The quantitative estimate of drug-likeness (QED) is 0.714. The number of ether oxygens (including phenoxy) is 1. The highest BCUT2D eigenvalue weighted by atomic mass is 32.2. The summed E-state index contributed by atoms with van der Waals surface area (Å²) < 4.78 is 28.3. The molecule has 16 heavy (non-hydrogen) atoms. The third kappa shape index (κ3) is 2.95. The molecule has 0 aliphatic heterocycles. The van der Waals surface area contributed by atoms with Gasteiger partial charge in [0.1, 0.15) is 0 Å². The van der Waals surface area contributed by atoms with Gasteiger partial charge in [-0.3, -0.25) is 4.79 Å². The molecule has 0 bridgehead atoms. The lowest BCUT2D eigenvalue weighted by Crippen LogP contribution is -2.33. The second-order valence-electron chi connectivity index (χ2n) is 4.33. The van der Waals surface area contributed by atoms with E-state index in [1.807, 2.05) is 6.92 Å². The Balaban J connectivity index is 2.61. The Kier molecular flexibility index (Phi) is 4.32. The average Bonchev–Trinajstić information content (AvgIpc) is 2.57. The van der Waals surface area contributed by atoms with Gasteiger partial charge in [-0.2, -0.15) is 0 Å². The van der Waals surface area contributed by atoms with Gasteiger partial charge in [-0.1, -0.05) is 6.92 Å². The van der Waals surface area contributed by atoms with Crippen molar-refractivity contribution in [3.63, 3.8) is 0 Å².